The van der Waals surface area contributed by atoms with Crippen LogP contribution in [0.3, 0.4) is 0 Å². The summed E-state index contributed by atoms with van der Waals surface area (Å²) in [6, 6.07) is 7.90. The Morgan fingerprint density at radius 1 is 1.38 bits per heavy atom. The molecule has 0 radical (unpaired) electrons. The minimum atomic E-state index is -0.574. The van der Waals surface area contributed by atoms with Crippen molar-refractivity contribution in [3.63, 3.8) is 0 Å². The highest BCUT2D eigenvalue weighted by Gasteiger charge is 2.30. The number of benzene rings is 1. The lowest BCUT2D eigenvalue weighted by Crippen LogP contribution is -2.49. The van der Waals surface area contributed by atoms with Crippen molar-refractivity contribution < 1.29 is 23.4 Å². The smallest absolute Gasteiger partial charge is 0.163 e. The average molecular weight is 361 g/mol. The predicted molar refractivity (Wildman–Crippen MR) is 96.8 cm³/mol. The lowest BCUT2D eigenvalue weighted by molar-refractivity contribution is -0.0229. The summed E-state index contributed by atoms with van der Waals surface area (Å²) in [4.78, 5) is 2.22. The van der Waals surface area contributed by atoms with Crippen molar-refractivity contribution in [2.75, 3.05) is 26.7 Å². The highest BCUT2D eigenvalue weighted by Crippen LogP contribution is 2.30. The van der Waals surface area contributed by atoms with Crippen molar-refractivity contribution in [3.8, 4) is 11.5 Å². The summed E-state index contributed by atoms with van der Waals surface area (Å²) in [5, 5.41) is 10.3. The van der Waals surface area contributed by atoms with Gasteiger partial charge in [0.2, 0.25) is 0 Å². The summed E-state index contributed by atoms with van der Waals surface area (Å²) in [6.07, 6.45) is 3.29. The van der Waals surface area contributed by atoms with Gasteiger partial charge in [-0.05, 0) is 43.7 Å². The van der Waals surface area contributed by atoms with Crippen LogP contribution in [0.15, 0.2) is 46.6 Å². The molecule has 0 bridgehead atoms. The molecule has 1 aliphatic heterocycles. The van der Waals surface area contributed by atoms with E-state index in [-0.39, 0.29) is 0 Å². The number of rotatable bonds is 6. The van der Waals surface area contributed by atoms with Crippen LogP contribution in [0.1, 0.15) is 19.1 Å². The summed E-state index contributed by atoms with van der Waals surface area (Å²) in [5.41, 5.74) is 1.16. The number of furan rings is 1. The first-order valence-electron chi connectivity index (χ1n) is 8.66. The molecule has 140 valence electrons. The Labute approximate surface area is 152 Å². The third kappa shape index (κ3) is 4.65. The molecule has 0 spiro atoms. The Hall–Kier alpha value is -2.31. The van der Waals surface area contributed by atoms with Crippen molar-refractivity contribution in [1.29, 1.82) is 0 Å². The van der Waals surface area contributed by atoms with E-state index >= 15 is 0 Å². The van der Waals surface area contributed by atoms with Gasteiger partial charge < -0.3 is 19.0 Å². The maximum atomic E-state index is 13.3. The number of nitrogens with zero attached hydrogens (tertiary/aromatic N) is 1. The van der Waals surface area contributed by atoms with Gasteiger partial charge in [-0.25, -0.2) is 4.39 Å². The summed E-state index contributed by atoms with van der Waals surface area (Å²) < 4.78 is 29.8. The van der Waals surface area contributed by atoms with Crippen molar-refractivity contribution in [1.82, 2.24) is 4.90 Å². The molecule has 1 fully saturated rings. The van der Waals surface area contributed by atoms with E-state index < -0.39 is 18.0 Å². The van der Waals surface area contributed by atoms with E-state index in [1.165, 1.54) is 25.3 Å². The molecule has 1 aliphatic rings. The molecule has 2 heterocycles. The quantitative estimate of drug-likeness (QED) is 0.855. The molecule has 0 saturated carbocycles. The Balaban J connectivity index is 1.65. The van der Waals surface area contributed by atoms with Gasteiger partial charge in [0.05, 0.1) is 19.5 Å². The van der Waals surface area contributed by atoms with Crippen LogP contribution in [-0.2, 0) is 0 Å². The third-order valence-corrected chi connectivity index (χ3v) is 4.42. The number of ether oxygens (including phenoxy) is 2. The first-order valence-corrected chi connectivity index (χ1v) is 8.66. The van der Waals surface area contributed by atoms with E-state index in [1.807, 2.05) is 25.1 Å². The maximum Gasteiger partial charge on any atom is 0.163 e. The maximum absolute atomic E-state index is 13.3. The molecule has 0 unspecified atom stereocenters. The van der Waals surface area contributed by atoms with Crippen molar-refractivity contribution >= 4 is 6.08 Å². The van der Waals surface area contributed by atoms with E-state index in [0.29, 0.717) is 24.5 Å². The van der Waals surface area contributed by atoms with Crippen molar-refractivity contribution in [3.05, 3.63) is 53.7 Å². The minimum absolute atomic E-state index is 0.322. The number of halogens is 1. The van der Waals surface area contributed by atoms with Crippen LogP contribution in [0, 0.1) is 5.82 Å². The van der Waals surface area contributed by atoms with Gasteiger partial charge in [0.25, 0.3) is 0 Å². The molecule has 1 saturated heterocycles. The summed E-state index contributed by atoms with van der Waals surface area (Å²) in [7, 11) is 1.47. The number of methoxy groups -OCH3 is 1. The normalized spacial score (nSPS) is 21.6. The third-order valence-electron chi connectivity index (χ3n) is 4.42. The highest BCUT2D eigenvalue weighted by molar-refractivity contribution is 5.46. The second-order valence-electron chi connectivity index (χ2n) is 6.55. The largest absolute Gasteiger partial charge is 0.493 e. The summed E-state index contributed by atoms with van der Waals surface area (Å²) >= 11 is 0. The van der Waals surface area contributed by atoms with Gasteiger partial charge in [-0.15, -0.1) is 0 Å². The molecule has 26 heavy (non-hydrogen) atoms. The Bertz CT molecular complexity index is 744. The SMILES string of the molecule is COc1cc(F)ccc1O[C@@H]1CN(C/C(C)=C/c2ccco2)CC[C@H]1O. The van der Waals surface area contributed by atoms with Crippen LogP contribution < -0.4 is 9.47 Å². The van der Waals surface area contributed by atoms with E-state index in [2.05, 4.69) is 4.90 Å². The molecule has 0 amide bonds. The van der Waals surface area contributed by atoms with Gasteiger partial charge in [-0.1, -0.05) is 5.57 Å². The molecule has 0 aliphatic carbocycles. The van der Waals surface area contributed by atoms with Crippen LogP contribution in [0.4, 0.5) is 4.39 Å². The second kappa shape index (κ2) is 8.38. The predicted octanol–water partition coefficient (Wildman–Crippen LogP) is 3.34. The van der Waals surface area contributed by atoms with Crippen molar-refractivity contribution in [2.24, 2.45) is 0 Å². The average Bonchev–Trinajstić information content (AvgIpc) is 3.12. The fourth-order valence-corrected chi connectivity index (χ4v) is 3.14. The number of likely N-dealkylation sites (tertiary alicyclic amines) is 1. The molecule has 5 nitrogen and oxygen atoms in total. The molecule has 3 rings (SSSR count). The van der Waals surface area contributed by atoms with Crippen LogP contribution >= 0.6 is 0 Å². The van der Waals surface area contributed by atoms with E-state index in [1.54, 1.807) is 6.26 Å². The first kappa shape index (κ1) is 18.5. The fraction of sp³-hybridized carbons (Fsp3) is 0.400. The zero-order valence-electron chi connectivity index (χ0n) is 15.0. The highest BCUT2D eigenvalue weighted by atomic mass is 19.1. The number of aliphatic hydroxyl groups excluding tert-OH is 1. The lowest BCUT2D eigenvalue weighted by Gasteiger charge is -2.36. The minimum Gasteiger partial charge on any atom is -0.493 e. The molecule has 1 N–H and O–H groups in total. The van der Waals surface area contributed by atoms with Gasteiger partial charge in [0, 0.05) is 25.7 Å². The van der Waals surface area contributed by atoms with Crippen molar-refractivity contribution in [2.45, 2.75) is 25.6 Å². The second-order valence-corrected chi connectivity index (χ2v) is 6.55. The van der Waals surface area contributed by atoms with Gasteiger partial charge in [-0.2, -0.15) is 0 Å². The Morgan fingerprint density at radius 2 is 2.23 bits per heavy atom. The molecular formula is C20H24FNO4. The number of aliphatic hydroxyl groups is 1. The van der Waals surface area contributed by atoms with E-state index in [0.717, 1.165) is 24.4 Å². The molecule has 1 aromatic carbocycles. The molecule has 2 atom stereocenters. The molecule has 2 aromatic rings. The first-order chi connectivity index (χ1) is 12.5. The summed E-state index contributed by atoms with van der Waals surface area (Å²) in [6.45, 7) is 4.16. The van der Waals surface area contributed by atoms with Crippen LogP contribution in [-0.4, -0.2) is 49.0 Å². The van der Waals surface area contributed by atoms with Gasteiger partial charge >= 0.3 is 0 Å². The van der Waals surface area contributed by atoms with Gasteiger partial charge in [-0.3, -0.25) is 4.90 Å². The molecule has 1 aromatic heterocycles. The zero-order chi connectivity index (χ0) is 18.5. The zero-order valence-corrected chi connectivity index (χ0v) is 15.0. The Kier molecular flexibility index (Phi) is 5.96. The van der Waals surface area contributed by atoms with Crippen LogP contribution in [0.25, 0.3) is 6.08 Å². The van der Waals surface area contributed by atoms with Crippen LogP contribution in [0.5, 0.6) is 11.5 Å². The van der Waals surface area contributed by atoms with Gasteiger partial charge in [0.1, 0.15) is 17.7 Å². The standard InChI is InChI=1S/C20H24FNO4/c1-14(10-16-4-3-9-25-16)12-22-8-7-17(23)20(13-22)26-18-6-5-15(21)11-19(18)24-2/h3-6,9-11,17,20,23H,7-8,12-13H2,1-2H3/b14-10+/t17-,20-/m1/s1. The van der Waals surface area contributed by atoms with Gasteiger partial charge in [0.15, 0.2) is 11.5 Å². The lowest BCUT2D eigenvalue weighted by atomic mass is 10.0. The summed E-state index contributed by atoms with van der Waals surface area (Å²) in [5.74, 6) is 1.19. The monoisotopic (exact) mass is 361 g/mol. The Morgan fingerprint density at radius 3 is 2.96 bits per heavy atom. The number of hydrogen-bond donors (Lipinski definition) is 1. The van der Waals surface area contributed by atoms with E-state index in [9.17, 15) is 9.50 Å². The molecule has 6 heteroatoms. The molecular weight excluding hydrogens is 337 g/mol. The number of piperidine rings is 1. The van der Waals surface area contributed by atoms with Crippen LogP contribution in [0.2, 0.25) is 0 Å². The van der Waals surface area contributed by atoms with E-state index in [4.69, 9.17) is 13.9 Å². The topological polar surface area (TPSA) is 55.1 Å². The fourth-order valence-electron chi connectivity index (χ4n) is 3.14. The number of hydrogen-bond acceptors (Lipinski definition) is 5.